The van der Waals surface area contributed by atoms with E-state index in [0.29, 0.717) is 12.6 Å². The van der Waals surface area contributed by atoms with Crippen LogP contribution >= 0.6 is 0 Å². The van der Waals surface area contributed by atoms with Gasteiger partial charge in [-0.3, -0.25) is 0 Å². The lowest BCUT2D eigenvalue weighted by molar-refractivity contribution is 0.105. The van der Waals surface area contributed by atoms with Crippen LogP contribution in [0.4, 0.5) is 0 Å². The molecule has 0 saturated heterocycles. The smallest absolute Gasteiger partial charge is 0.0806 e. The predicted molar refractivity (Wildman–Crippen MR) is 37.9 cm³/mol. The van der Waals surface area contributed by atoms with Crippen LogP contribution in [0.3, 0.4) is 0 Å². The highest BCUT2D eigenvalue weighted by atomic mass is 16.6. The molecule has 0 aliphatic carbocycles. The summed E-state index contributed by atoms with van der Waals surface area (Å²) < 4.78 is 0. The zero-order valence-electron chi connectivity index (χ0n) is 6.42. The van der Waals surface area contributed by atoms with Crippen LogP contribution in [0, 0.1) is 0 Å². The van der Waals surface area contributed by atoms with E-state index in [0.717, 1.165) is 6.54 Å². The summed E-state index contributed by atoms with van der Waals surface area (Å²) in [4.78, 5) is 6.59. The Morgan fingerprint density at radius 3 is 2.44 bits per heavy atom. The highest BCUT2D eigenvalue weighted by Crippen LogP contribution is 1.90. The maximum atomic E-state index is 4.85. The van der Waals surface area contributed by atoms with Gasteiger partial charge in [0.25, 0.3) is 0 Å². The molecule has 0 radical (unpaired) electrons. The number of likely N-dealkylation sites (N-methyl/N-ethyl adjacent to an activating group) is 1. The number of nitrogens with two attached hydrogens (primary N) is 1. The van der Waals surface area contributed by atoms with Crippen LogP contribution in [0.2, 0.25) is 0 Å². The SMILES string of the molecule is CC(C)N(C)CCON. The zero-order valence-corrected chi connectivity index (χ0v) is 6.42. The summed E-state index contributed by atoms with van der Waals surface area (Å²) in [5.74, 6) is 4.85. The molecule has 0 saturated carbocycles. The van der Waals surface area contributed by atoms with E-state index in [4.69, 9.17) is 5.90 Å². The molecule has 0 atom stereocenters. The normalized spacial score (nSPS) is 11.3. The van der Waals surface area contributed by atoms with Crippen LogP contribution in [0.25, 0.3) is 0 Å². The van der Waals surface area contributed by atoms with E-state index in [-0.39, 0.29) is 0 Å². The Kier molecular flexibility index (Phi) is 4.67. The van der Waals surface area contributed by atoms with Gasteiger partial charge in [0.15, 0.2) is 0 Å². The third-order valence-electron chi connectivity index (χ3n) is 1.44. The van der Waals surface area contributed by atoms with Gasteiger partial charge in [-0.05, 0) is 20.9 Å². The van der Waals surface area contributed by atoms with Crippen LogP contribution in [0.5, 0.6) is 0 Å². The lowest BCUT2D eigenvalue weighted by Crippen LogP contribution is -2.30. The van der Waals surface area contributed by atoms with Crippen molar-refractivity contribution >= 4 is 0 Å². The number of hydrogen-bond acceptors (Lipinski definition) is 3. The molecule has 0 fully saturated rings. The molecule has 0 unspecified atom stereocenters. The maximum absolute atomic E-state index is 4.85. The van der Waals surface area contributed by atoms with Gasteiger partial charge in [-0.15, -0.1) is 0 Å². The number of nitrogens with zero attached hydrogens (tertiary/aromatic N) is 1. The largest absolute Gasteiger partial charge is 0.303 e. The van der Waals surface area contributed by atoms with Gasteiger partial charge in [0.2, 0.25) is 0 Å². The molecule has 3 heteroatoms. The highest BCUT2D eigenvalue weighted by molar-refractivity contribution is 4.54. The molecular weight excluding hydrogens is 116 g/mol. The average Bonchev–Trinajstić information content (AvgIpc) is 1.82. The van der Waals surface area contributed by atoms with Gasteiger partial charge in [0.05, 0.1) is 6.61 Å². The van der Waals surface area contributed by atoms with E-state index in [1.54, 1.807) is 0 Å². The van der Waals surface area contributed by atoms with Crippen molar-refractivity contribution in [1.82, 2.24) is 4.90 Å². The highest BCUT2D eigenvalue weighted by Gasteiger charge is 2.00. The summed E-state index contributed by atoms with van der Waals surface area (Å²) in [6.45, 7) is 5.77. The van der Waals surface area contributed by atoms with Crippen molar-refractivity contribution in [3.05, 3.63) is 0 Å². The summed E-state index contributed by atoms with van der Waals surface area (Å²) in [5.41, 5.74) is 0. The molecule has 9 heavy (non-hydrogen) atoms. The first-order valence-corrected chi connectivity index (χ1v) is 3.20. The molecule has 0 spiro atoms. The Bertz CT molecular complexity index is 66.1. The molecule has 0 aromatic carbocycles. The summed E-state index contributed by atoms with van der Waals surface area (Å²) >= 11 is 0. The third-order valence-corrected chi connectivity index (χ3v) is 1.44. The lowest BCUT2D eigenvalue weighted by atomic mass is 10.3. The quantitative estimate of drug-likeness (QED) is 0.556. The van der Waals surface area contributed by atoms with Gasteiger partial charge in [-0.2, -0.15) is 0 Å². The minimum Gasteiger partial charge on any atom is -0.303 e. The van der Waals surface area contributed by atoms with Gasteiger partial charge in [0, 0.05) is 12.6 Å². The minimum absolute atomic E-state index is 0.570. The molecule has 56 valence electrons. The second kappa shape index (κ2) is 4.73. The van der Waals surface area contributed by atoms with Gasteiger partial charge in [-0.1, -0.05) is 0 Å². The van der Waals surface area contributed by atoms with Crippen LogP contribution < -0.4 is 5.90 Å². The summed E-state index contributed by atoms with van der Waals surface area (Å²) in [5, 5.41) is 0. The van der Waals surface area contributed by atoms with Crippen molar-refractivity contribution in [2.24, 2.45) is 5.90 Å². The van der Waals surface area contributed by atoms with Crippen LogP contribution in [-0.4, -0.2) is 31.1 Å². The lowest BCUT2D eigenvalue weighted by Gasteiger charge is -2.19. The van der Waals surface area contributed by atoms with Crippen LogP contribution in [-0.2, 0) is 4.84 Å². The van der Waals surface area contributed by atoms with Gasteiger partial charge in [-0.25, -0.2) is 5.90 Å². The third kappa shape index (κ3) is 4.39. The summed E-state index contributed by atoms with van der Waals surface area (Å²) in [7, 11) is 2.05. The van der Waals surface area contributed by atoms with E-state index >= 15 is 0 Å². The van der Waals surface area contributed by atoms with Crippen LogP contribution in [0.1, 0.15) is 13.8 Å². The fraction of sp³-hybridized carbons (Fsp3) is 1.00. The van der Waals surface area contributed by atoms with E-state index < -0.39 is 0 Å². The van der Waals surface area contributed by atoms with E-state index in [2.05, 4.69) is 23.6 Å². The van der Waals surface area contributed by atoms with Gasteiger partial charge < -0.3 is 9.74 Å². The first-order valence-electron chi connectivity index (χ1n) is 3.20. The summed E-state index contributed by atoms with van der Waals surface area (Å²) in [6.07, 6.45) is 0. The van der Waals surface area contributed by atoms with Crippen molar-refractivity contribution in [3.63, 3.8) is 0 Å². The fourth-order valence-electron chi connectivity index (χ4n) is 0.455. The first kappa shape index (κ1) is 8.88. The molecule has 0 aliphatic rings. The van der Waals surface area contributed by atoms with Crippen molar-refractivity contribution < 1.29 is 4.84 Å². The van der Waals surface area contributed by atoms with E-state index in [1.165, 1.54) is 0 Å². The molecular formula is C6H16N2O. The Morgan fingerprint density at radius 1 is 1.56 bits per heavy atom. The monoisotopic (exact) mass is 132 g/mol. The second-order valence-corrected chi connectivity index (χ2v) is 2.45. The molecule has 0 amide bonds. The molecule has 0 rings (SSSR count). The van der Waals surface area contributed by atoms with Crippen molar-refractivity contribution in [2.45, 2.75) is 19.9 Å². The van der Waals surface area contributed by atoms with Crippen LogP contribution in [0.15, 0.2) is 0 Å². The maximum Gasteiger partial charge on any atom is 0.0806 e. The zero-order chi connectivity index (χ0) is 7.28. The van der Waals surface area contributed by atoms with Gasteiger partial charge in [0.1, 0.15) is 0 Å². The molecule has 0 heterocycles. The fourth-order valence-corrected chi connectivity index (χ4v) is 0.455. The Morgan fingerprint density at radius 2 is 2.11 bits per heavy atom. The topological polar surface area (TPSA) is 38.5 Å². The molecule has 0 aromatic rings. The predicted octanol–water partition coefficient (Wildman–Crippen LogP) is 0.217. The Labute approximate surface area is 56.7 Å². The van der Waals surface area contributed by atoms with Crippen molar-refractivity contribution in [1.29, 1.82) is 0 Å². The first-order chi connectivity index (χ1) is 4.18. The number of rotatable bonds is 4. The number of hydrogen-bond donors (Lipinski definition) is 1. The average molecular weight is 132 g/mol. The summed E-state index contributed by atoms with van der Waals surface area (Å²) in [6, 6.07) is 0.570. The van der Waals surface area contributed by atoms with Crippen molar-refractivity contribution in [2.75, 3.05) is 20.2 Å². The molecule has 0 aromatic heterocycles. The minimum atomic E-state index is 0.570. The Balaban J connectivity index is 3.16. The second-order valence-electron chi connectivity index (χ2n) is 2.45. The Hall–Kier alpha value is -0.120. The standard InChI is InChI=1S/C6H16N2O/c1-6(2)8(3)4-5-9-7/h6H,4-5,7H2,1-3H3. The van der Waals surface area contributed by atoms with Crippen molar-refractivity contribution in [3.8, 4) is 0 Å². The van der Waals surface area contributed by atoms with Gasteiger partial charge >= 0.3 is 0 Å². The molecule has 3 nitrogen and oxygen atoms in total. The van der Waals surface area contributed by atoms with E-state index in [9.17, 15) is 0 Å². The molecule has 0 bridgehead atoms. The van der Waals surface area contributed by atoms with E-state index in [1.807, 2.05) is 7.05 Å². The molecule has 0 aliphatic heterocycles. The molecule has 2 N–H and O–H groups in total.